The number of carboxylic acid groups (broad SMARTS) is 1. The van der Waals surface area contributed by atoms with Gasteiger partial charge in [0.1, 0.15) is 5.15 Å². The average Bonchev–Trinajstić information content (AvgIpc) is 2.77. The molecule has 1 aromatic carbocycles. The van der Waals surface area contributed by atoms with E-state index in [0.29, 0.717) is 33.1 Å². The van der Waals surface area contributed by atoms with Crippen molar-refractivity contribution in [1.29, 1.82) is 0 Å². The minimum atomic E-state index is -1.20. The Hall–Kier alpha value is -2.84. The molecule has 10 heteroatoms. The highest BCUT2D eigenvalue weighted by atomic mass is 35.5. The number of fused-ring (bicyclic) bond motifs is 1. The van der Waals surface area contributed by atoms with Gasteiger partial charge in [-0.3, -0.25) is 9.36 Å². The van der Waals surface area contributed by atoms with Crippen molar-refractivity contribution in [3.05, 3.63) is 56.1 Å². The van der Waals surface area contributed by atoms with Crippen molar-refractivity contribution in [2.45, 2.75) is 32.2 Å². The normalized spacial score (nSPS) is 15.1. The number of halogens is 2. The molecular formula is C22H23Cl2N5O3. The molecule has 3 aromatic rings. The van der Waals surface area contributed by atoms with Crippen LogP contribution in [0.15, 0.2) is 29.1 Å². The van der Waals surface area contributed by atoms with Crippen LogP contribution >= 0.6 is 23.2 Å². The van der Waals surface area contributed by atoms with E-state index in [0.717, 1.165) is 25.9 Å². The Morgan fingerprint density at radius 1 is 1.16 bits per heavy atom. The first-order chi connectivity index (χ1) is 15.3. The molecule has 3 heterocycles. The lowest BCUT2D eigenvalue weighted by Gasteiger charge is -2.29. The Morgan fingerprint density at radius 2 is 1.88 bits per heavy atom. The molecule has 0 unspecified atom stereocenters. The highest BCUT2D eigenvalue weighted by Gasteiger charge is 2.22. The number of aromatic carboxylic acids is 1. The molecule has 1 saturated heterocycles. The summed E-state index contributed by atoms with van der Waals surface area (Å²) >= 11 is 12.2. The van der Waals surface area contributed by atoms with Crippen LogP contribution in [-0.4, -0.2) is 38.7 Å². The minimum absolute atomic E-state index is 0.0881. The summed E-state index contributed by atoms with van der Waals surface area (Å²) in [5, 5.41) is 13.6. The smallest absolute Gasteiger partial charge is 0.356 e. The molecular weight excluding hydrogens is 453 g/mol. The Labute approximate surface area is 194 Å². The summed E-state index contributed by atoms with van der Waals surface area (Å²) in [7, 11) is 1.72. The van der Waals surface area contributed by atoms with Crippen LogP contribution in [0.5, 0.6) is 0 Å². The summed E-state index contributed by atoms with van der Waals surface area (Å²) in [6.45, 7) is 3.55. The first-order valence-corrected chi connectivity index (χ1v) is 11.1. The van der Waals surface area contributed by atoms with E-state index >= 15 is 0 Å². The molecule has 0 bridgehead atoms. The van der Waals surface area contributed by atoms with E-state index in [2.05, 4.69) is 15.2 Å². The number of pyridine rings is 1. The van der Waals surface area contributed by atoms with Crippen LogP contribution in [0.4, 0.5) is 11.6 Å². The molecule has 0 radical (unpaired) electrons. The molecule has 1 fully saturated rings. The molecule has 1 aliphatic rings. The van der Waals surface area contributed by atoms with Gasteiger partial charge in [0.2, 0.25) is 5.95 Å². The van der Waals surface area contributed by atoms with Gasteiger partial charge in [-0.05, 0) is 50.5 Å². The van der Waals surface area contributed by atoms with Crippen molar-refractivity contribution >= 4 is 51.7 Å². The van der Waals surface area contributed by atoms with Gasteiger partial charge >= 0.3 is 5.97 Å². The van der Waals surface area contributed by atoms with Crippen molar-refractivity contribution < 1.29 is 9.90 Å². The summed E-state index contributed by atoms with van der Waals surface area (Å²) in [5.41, 5.74) is 1.17. The topological polar surface area (TPSA) is 100 Å². The number of hydrogen-bond acceptors (Lipinski definition) is 6. The van der Waals surface area contributed by atoms with E-state index in [1.165, 1.54) is 12.5 Å². The Morgan fingerprint density at radius 3 is 2.56 bits per heavy atom. The van der Waals surface area contributed by atoms with Gasteiger partial charge in [-0.25, -0.2) is 14.8 Å². The highest BCUT2D eigenvalue weighted by molar-refractivity contribution is 6.31. The summed E-state index contributed by atoms with van der Waals surface area (Å²) in [6.07, 6.45) is 3.28. The predicted molar refractivity (Wildman–Crippen MR) is 126 cm³/mol. The van der Waals surface area contributed by atoms with E-state index < -0.39 is 12.0 Å². The maximum atomic E-state index is 13.2. The van der Waals surface area contributed by atoms with Crippen LogP contribution in [-0.2, 0) is 7.05 Å². The van der Waals surface area contributed by atoms with E-state index in [4.69, 9.17) is 28.2 Å². The predicted octanol–water partition coefficient (Wildman–Crippen LogP) is 4.50. The number of nitrogens with one attached hydrogen (secondary N) is 1. The molecule has 2 aromatic heterocycles. The number of anilines is 2. The van der Waals surface area contributed by atoms with E-state index in [-0.39, 0.29) is 16.4 Å². The third kappa shape index (κ3) is 4.25. The Bertz CT molecular complexity index is 1250. The number of rotatable bonds is 5. The molecule has 2 N–H and O–H groups in total. The number of hydrogen-bond donors (Lipinski definition) is 2. The number of piperidine rings is 1. The lowest BCUT2D eigenvalue weighted by Crippen LogP contribution is -2.35. The van der Waals surface area contributed by atoms with Crippen LogP contribution < -0.4 is 15.8 Å². The quantitative estimate of drug-likeness (QED) is 0.523. The third-order valence-electron chi connectivity index (χ3n) is 5.69. The fourth-order valence-electron chi connectivity index (χ4n) is 4.09. The largest absolute Gasteiger partial charge is 0.476 e. The van der Waals surface area contributed by atoms with Gasteiger partial charge in [-0.15, -0.1) is 0 Å². The zero-order chi connectivity index (χ0) is 23.0. The average molecular weight is 476 g/mol. The van der Waals surface area contributed by atoms with Crippen LogP contribution in [0.3, 0.4) is 0 Å². The van der Waals surface area contributed by atoms with Gasteiger partial charge in [-0.2, -0.15) is 0 Å². The van der Waals surface area contributed by atoms with Crippen LogP contribution in [0.25, 0.3) is 10.9 Å². The Kier molecular flexibility index (Phi) is 6.26. The first-order valence-electron chi connectivity index (χ1n) is 10.4. The number of carbonyl (C=O) groups is 1. The molecule has 0 spiro atoms. The maximum Gasteiger partial charge on any atom is 0.356 e. The van der Waals surface area contributed by atoms with Crippen LogP contribution in [0, 0.1) is 0 Å². The monoisotopic (exact) mass is 475 g/mol. The number of benzene rings is 1. The minimum Gasteiger partial charge on any atom is -0.476 e. The molecule has 4 rings (SSSR count). The van der Waals surface area contributed by atoms with Crippen molar-refractivity contribution in [2.24, 2.45) is 7.05 Å². The molecule has 32 heavy (non-hydrogen) atoms. The number of carboxylic acids is 1. The molecule has 0 aliphatic carbocycles. The van der Waals surface area contributed by atoms with Gasteiger partial charge in [0, 0.05) is 30.7 Å². The lowest BCUT2D eigenvalue weighted by atomic mass is 10.0. The van der Waals surface area contributed by atoms with Gasteiger partial charge in [0.15, 0.2) is 5.69 Å². The standard InChI is InChI=1S/C22H23Cl2N5O3/c1-12(25-16-6-7-17(24)26-19(16)21(31)32)14-10-13(23)11-15-18(14)27-22(28(2)20(15)30)29-8-4-3-5-9-29/h6-7,10-12,25H,3-5,8-9H2,1-2H3,(H,31,32)/t12-/m1/s1. The van der Waals surface area contributed by atoms with E-state index in [1.54, 1.807) is 29.8 Å². The van der Waals surface area contributed by atoms with Gasteiger partial charge in [0.05, 0.1) is 22.6 Å². The zero-order valence-corrected chi connectivity index (χ0v) is 19.2. The second-order valence-corrected chi connectivity index (χ2v) is 8.74. The fourth-order valence-corrected chi connectivity index (χ4v) is 4.46. The lowest BCUT2D eigenvalue weighted by molar-refractivity contribution is 0.0691. The fraction of sp³-hybridized carbons (Fsp3) is 0.364. The van der Waals surface area contributed by atoms with Crippen molar-refractivity contribution in [1.82, 2.24) is 14.5 Å². The third-order valence-corrected chi connectivity index (χ3v) is 6.12. The molecule has 0 saturated carbocycles. The van der Waals surface area contributed by atoms with Gasteiger partial charge in [0.25, 0.3) is 5.56 Å². The van der Waals surface area contributed by atoms with Gasteiger partial charge < -0.3 is 15.3 Å². The summed E-state index contributed by atoms with van der Waals surface area (Å²) in [4.78, 5) is 35.7. The summed E-state index contributed by atoms with van der Waals surface area (Å²) in [5.74, 6) is -0.574. The number of nitrogens with zero attached hydrogens (tertiary/aromatic N) is 4. The molecule has 1 atom stereocenters. The SMILES string of the molecule is C[C@@H](Nc1ccc(Cl)nc1C(=O)O)c1cc(Cl)cc2c(=O)n(C)c(N3CCCCC3)nc12. The Balaban J connectivity index is 1.82. The van der Waals surface area contributed by atoms with Crippen molar-refractivity contribution in [3.8, 4) is 0 Å². The number of aromatic nitrogens is 3. The zero-order valence-electron chi connectivity index (χ0n) is 17.7. The molecule has 1 aliphatic heterocycles. The van der Waals surface area contributed by atoms with Crippen molar-refractivity contribution in [3.63, 3.8) is 0 Å². The summed E-state index contributed by atoms with van der Waals surface area (Å²) in [6, 6.07) is 6.04. The molecule has 168 valence electrons. The maximum absolute atomic E-state index is 13.2. The second-order valence-electron chi connectivity index (χ2n) is 7.92. The first kappa shape index (κ1) is 22.4. The van der Waals surface area contributed by atoms with Crippen molar-refractivity contribution in [2.75, 3.05) is 23.3 Å². The van der Waals surface area contributed by atoms with E-state index in [9.17, 15) is 14.7 Å². The van der Waals surface area contributed by atoms with E-state index in [1.807, 2.05) is 6.92 Å². The highest BCUT2D eigenvalue weighted by Crippen LogP contribution is 2.30. The van der Waals surface area contributed by atoms with Gasteiger partial charge in [-0.1, -0.05) is 23.2 Å². The van der Waals surface area contributed by atoms with Crippen LogP contribution in [0.2, 0.25) is 10.2 Å². The second kappa shape index (κ2) is 8.96. The molecule has 8 nitrogen and oxygen atoms in total. The molecule has 0 amide bonds. The summed E-state index contributed by atoms with van der Waals surface area (Å²) < 4.78 is 1.57. The van der Waals surface area contributed by atoms with Crippen LogP contribution in [0.1, 0.15) is 48.3 Å².